The zero-order valence-corrected chi connectivity index (χ0v) is 9.30. The number of nitrogens with two attached hydrogens (primary N) is 2. The fourth-order valence-corrected chi connectivity index (χ4v) is 1.84. The smallest absolute Gasteiger partial charge is 0.268 e. The molecule has 0 bridgehead atoms. The largest absolute Gasteiger partial charge is 0.394 e. The number of hydrogen-bond acceptors (Lipinski definition) is 7. The number of aliphatic hydroxyl groups is 3. The van der Waals surface area contributed by atoms with Crippen LogP contribution in [0.1, 0.15) is 16.7 Å². The molecule has 2 rings (SSSR count). The summed E-state index contributed by atoms with van der Waals surface area (Å²) >= 11 is 0. The van der Waals surface area contributed by atoms with Crippen LogP contribution >= 0.6 is 0 Å². The van der Waals surface area contributed by atoms with Crippen molar-refractivity contribution in [2.45, 2.75) is 24.5 Å². The standard InChI is InChI=1S/C9H14N4O5/c10-7(17)3-1-13(9(11)12-3)8-6(16)5(15)4(2-14)18-8/h1,4-6,8,14-16H,2H2,(H2,10,17)(H2,11,12)/t4-,5-,6-,8-/m0/s1. The van der Waals surface area contributed by atoms with E-state index in [1.54, 1.807) is 0 Å². The zero-order chi connectivity index (χ0) is 13.4. The Bertz CT molecular complexity index is 462. The zero-order valence-electron chi connectivity index (χ0n) is 9.30. The second-order valence-electron chi connectivity index (χ2n) is 3.98. The Kier molecular flexibility index (Phi) is 3.22. The maximum Gasteiger partial charge on any atom is 0.268 e. The summed E-state index contributed by atoms with van der Waals surface area (Å²) in [6, 6.07) is 0. The van der Waals surface area contributed by atoms with Crippen LogP contribution in [0.15, 0.2) is 6.20 Å². The Morgan fingerprint density at radius 1 is 1.50 bits per heavy atom. The van der Waals surface area contributed by atoms with Gasteiger partial charge in [0.25, 0.3) is 5.91 Å². The molecule has 1 saturated heterocycles. The molecule has 0 saturated carbocycles. The summed E-state index contributed by atoms with van der Waals surface area (Å²) in [5, 5.41) is 28.3. The summed E-state index contributed by atoms with van der Waals surface area (Å²) in [7, 11) is 0. The number of aliphatic hydroxyl groups excluding tert-OH is 3. The van der Waals surface area contributed by atoms with Gasteiger partial charge in [0.2, 0.25) is 5.95 Å². The SMILES string of the molecule is NC(=O)c1cn([C@H]2O[C@@H](CO)[C@H](O)[C@@H]2O)c(N)n1. The predicted molar refractivity (Wildman–Crippen MR) is 58.2 cm³/mol. The van der Waals surface area contributed by atoms with Crippen LogP contribution in [-0.4, -0.2) is 55.7 Å². The molecule has 0 radical (unpaired) electrons. The summed E-state index contributed by atoms with van der Waals surface area (Å²) in [6.07, 6.45) is -3.28. The lowest BCUT2D eigenvalue weighted by Crippen LogP contribution is -2.33. The summed E-state index contributed by atoms with van der Waals surface area (Å²) in [5.41, 5.74) is 10.5. The van der Waals surface area contributed by atoms with E-state index in [9.17, 15) is 15.0 Å². The highest BCUT2D eigenvalue weighted by Crippen LogP contribution is 2.30. The number of imidazole rings is 1. The van der Waals surface area contributed by atoms with Gasteiger partial charge in [0.1, 0.15) is 24.0 Å². The van der Waals surface area contributed by atoms with Crippen molar-refractivity contribution in [2.24, 2.45) is 5.73 Å². The molecular weight excluding hydrogens is 244 g/mol. The number of ether oxygens (including phenoxy) is 1. The lowest BCUT2D eigenvalue weighted by molar-refractivity contribution is -0.0517. The maximum atomic E-state index is 10.9. The molecule has 1 aromatic heterocycles. The number of nitrogens with zero attached hydrogens (tertiary/aromatic N) is 2. The van der Waals surface area contributed by atoms with Crippen LogP contribution in [-0.2, 0) is 4.74 Å². The molecule has 2 heterocycles. The third-order valence-electron chi connectivity index (χ3n) is 2.80. The molecule has 1 aliphatic rings. The van der Waals surface area contributed by atoms with Gasteiger partial charge in [-0.1, -0.05) is 0 Å². The van der Waals surface area contributed by atoms with E-state index < -0.39 is 37.1 Å². The number of primary amides is 1. The average Bonchev–Trinajstić information content (AvgIpc) is 2.83. The van der Waals surface area contributed by atoms with Gasteiger partial charge < -0.3 is 31.5 Å². The number of aromatic nitrogens is 2. The van der Waals surface area contributed by atoms with E-state index in [1.807, 2.05) is 0 Å². The normalized spacial score (nSPS) is 31.7. The first-order chi connectivity index (χ1) is 8.45. The van der Waals surface area contributed by atoms with Crippen molar-refractivity contribution >= 4 is 11.9 Å². The van der Waals surface area contributed by atoms with Gasteiger partial charge >= 0.3 is 0 Å². The number of carbonyl (C=O) groups is 1. The van der Waals surface area contributed by atoms with Gasteiger partial charge in [-0.25, -0.2) is 4.98 Å². The van der Waals surface area contributed by atoms with Crippen LogP contribution < -0.4 is 11.5 Å². The van der Waals surface area contributed by atoms with E-state index in [2.05, 4.69) is 4.98 Å². The van der Waals surface area contributed by atoms with Crippen LogP contribution in [0.2, 0.25) is 0 Å². The monoisotopic (exact) mass is 258 g/mol. The van der Waals surface area contributed by atoms with E-state index >= 15 is 0 Å². The van der Waals surface area contributed by atoms with E-state index in [-0.39, 0.29) is 11.6 Å². The van der Waals surface area contributed by atoms with Crippen molar-refractivity contribution < 1.29 is 24.9 Å². The van der Waals surface area contributed by atoms with E-state index in [1.165, 1.54) is 10.8 Å². The first-order valence-electron chi connectivity index (χ1n) is 5.22. The summed E-state index contributed by atoms with van der Waals surface area (Å²) in [6.45, 7) is -0.452. The van der Waals surface area contributed by atoms with Gasteiger partial charge in [0.15, 0.2) is 6.23 Å². The number of amides is 1. The molecule has 4 atom stereocenters. The molecule has 9 heteroatoms. The van der Waals surface area contributed by atoms with Crippen molar-refractivity contribution in [1.82, 2.24) is 9.55 Å². The first-order valence-corrected chi connectivity index (χ1v) is 5.22. The van der Waals surface area contributed by atoms with Gasteiger partial charge in [-0.15, -0.1) is 0 Å². The number of nitrogen functional groups attached to an aromatic ring is 1. The van der Waals surface area contributed by atoms with Crippen molar-refractivity contribution in [3.05, 3.63) is 11.9 Å². The van der Waals surface area contributed by atoms with Crippen LogP contribution in [0.4, 0.5) is 5.95 Å². The minimum Gasteiger partial charge on any atom is -0.394 e. The lowest BCUT2D eigenvalue weighted by atomic mass is 10.1. The molecule has 0 aliphatic carbocycles. The highest BCUT2D eigenvalue weighted by atomic mass is 16.6. The quantitative estimate of drug-likeness (QED) is 0.391. The van der Waals surface area contributed by atoms with Crippen molar-refractivity contribution in [1.29, 1.82) is 0 Å². The van der Waals surface area contributed by atoms with Gasteiger partial charge in [-0.2, -0.15) is 0 Å². The Balaban J connectivity index is 2.29. The van der Waals surface area contributed by atoms with Gasteiger partial charge in [-0.05, 0) is 0 Å². The average molecular weight is 258 g/mol. The fraction of sp³-hybridized carbons (Fsp3) is 0.556. The second-order valence-corrected chi connectivity index (χ2v) is 3.98. The molecule has 0 aromatic carbocycles. The Hall–Kier alpha value is -1.68. The predicted octanol–water partition coefficient (Wildman–Crippen LogP) is -2.82. The highest BCUT2D eigenvalue weighted by molar-refractivity contribution is 5.91. The van der Waals surface area contributed by atoms with Gasteiger partial charge in [-0.3, -0.25) is 9.36 Å². The number of carbonyl (C=O) groups excluding carboxylic acids is 1. The van der Waals surface area contributed by atoms with Crippen molar-refractivity contribution in [3.8, 4) is 0 Å². The van der Waals surface area contributed by atoms with Crippen LogP contribution in [0.3, 0.4) is 0 Å². The summed E-state index contributed by atoms with van der Waals surface area (Å²) in [5.74, 6) is -0.856. The van der Waals surface area contributed by atoms with E-state index in [0.717, 1.165) is 0 Å². The molecule has 100 valence electrons. The van der Waals surface area contributed by atoms with Crippen LogP contribution in [0.25, 0.3) is 0 Å². The second kappa shape index (κ2) is 4.53. The number of anilines is 1. The number of rotatable bonds is 3. The van der Waals surface area contributed by atoms with Crippen LogP contribution in [0, 0.1) is 0 Å². The highest BCUT2D eigenvalue weighted by Gasteiger charge is 2.44. The fourth-order valence-electron chi connectivity index (χ4n) is 1.84. The Labute approximate surface area is 102 Å². The summed E-state index contributed by atoms with van der Waals surface area (Å²) in [4.78, 5) is 14.6. The van der Waals surface area contributed by atoms with E-state index in [0.29, 0.717) is 0 Å². The van der Waals surface area contributed by atoms with Crippen LogP contribution in [0.5, 0.6) is 0 Å². The third kappa shape index (κ3) is 1.93. The van der Waals surface area contributed by atoms with Crippen molar-refractivity contribution in [2.75, 3.05) is 12.3 Å². The minimum atomic E-state index is -1.29. The molecule has 0 unspecified atom stereocenters. The first kappa shape index (κ1) is 12.8. The molecule has 1 aromatic rings. The summed E-state index contributed by atoms with van der Waals surface area (Å²) < 4.78 is 6.42. The topological polar surface area (TPSA) is 157 Å². The molecule has 1 aliphatic heterocycles. The van der Waals surface area contributed by atoms with Gasteiger partial charge in [0, 0.05) is 6.20 Å². The Morgan fingerprint density at radius 3 is 2.61 bits per heavy atom. The minimum absolute atomic E-state index is 0.0785. The van der Waals surface area contributed by atoms with Crippen molar-refractivity contribution in [3.63, 3.8) is 0 Å². The molecule has 9 nitrogen and oxygen atoms in total. The van der Waals surface area contributed by atoms with E-state index in [4.69, 9.17) is 21.3 Å². The lowest BCUT2D eigenvalue weighted by Gasteiger charge is -2.16. The molecule has 1 amide bonds. The van der Waals surface area contributed by atoms with Gasteiger partial charge in [0.05, 0.1) is 6.61 Å². The third-order valence-corrected chi connectivity index (χ3v) is 2.80. The maximum absolute atomic E-state index is 10.9. The Morgan fingerprint density at radius 2 is 2.17 bits per heavy atom. The molecular formula is C9H14N4O5. The molecule has 7 N–H and O–H groups in total. The number of hydrogen-bond donors (Lipinski definition) is 5. The molecule has 1 fully saturated rings. The molecule has 0 spiro atoms. The molecule has 18 heavy (non-hydrogen) atoms.